The second-order valence-electron chi connectivity index (χ2n) is 5.78. The number of aromatic nitrogens is 3. The van der Waals surface area contributed by atoms with Crippen LogP contribution in [0.5, 0.6) is 0 Å². The van der Waals surface area contributed by atoms with Crippen molar-refractivity contribution in [3.8, 4) is 22.3 Å². The topological polar surface area (TPSA) is 63.6 Å². The number of nitrogens with zero attached hydrogens (tertiary/aromatic N) is 4. The van der Waals surface area contributed by atoms with Gasteiger partial charge in [0.05, 0.1) is 21.2 Å². The summed E-state index contributed by atoms with van der Waals surface area (Å²) in [4.78, 5) is 13.6. The molecule has 5 nitrogen and oxygen atoms in total. The molecule has 3 heterocycles. The fourth-order valence-electron chi connectivity index (χ4n) is 2.71. The molecule has 1 aromatic carbocycles. The molecule has 0 amide bonds. The monoisotopic (exact) mass is 390 g/mol. The molecule has 0 aliphatic heterocycles. The second kappa shape index (κ2) is 7.19. The predicted octanol–water partition coefficient (Wildman–Crippen LogP) is 2.49. The van der Waals surface area contributed by atoms with Gasteiger partial charge in [0.15, 0.2) is 0 Å². The lowest BCUT2D eigenvalue weighted by atomic mass is 10.2. The number of para-hydroxylation sites is 1. The SMILES string of the molecule is Cn1c(=O)/c(=C\c2cn(-c3ccccc3)nc2-c2cccs2)s/c1=C\C#N. The van der Waals surface area contributed by atoms with E-state index in [1.54, 1.807) is 18.4 Å². The highest BCUT2D eigenvalue weighted by molar-refractivity contribution is 7.13. The van der Waals surface area contributed by atoms with Crippen LogP contribution in [0.3, 0.4) is 0 Å². The Morgan fingerprint density at radius 2 is 2.00 bits per heavy atom. The first-order valence-corrected chi connectivity index (χ1v) is 9.83. The number of nitriles is 1. The second-order valence-corrected chi connectivity index (χ2v) is 7.79. The first-order valence-electron chi connectivity index (χ1n) is 8.14. The van der Waals surface area contributed by atoms with Gasteiger partial charge in [-0.15, -0.1) is 22.7 Å². The zero-order valence-corrected chi connectivity index (χ0v) is 16.0. The summed E-state index contributed by atoms with van der Waals surface area (Å²) < 4.78 is 4.51. The third kappa shape index (κ3) is 3.28. The third-order valence-electron chi connectivity index (χ3n) is 4.05. The minimum absolute atomic E-state index is 0.119. The highest BCUT2D eigenvalue weighted by Crippen LogP contribution is 2.28. The number of thiophene rings is 1. The zero-order valence-electron chi connectivity index (χ0n) is 14.4. The van der Waals surface area contributed by atoms with Crippen LogP contribution >= 0.6 is 22.7 Å². The van der Waals surface area contributed by atoms with Gasteiger partial charge in [-0.2, -0.15) is 10.4 Å². The summed E-state index contributed by atoms with van der Waals surface area (Å²) in [5.41, 5.74) is 2.53. The Labute approximate surface area is 163 Å². The molecule has 0 radical (unpaired) electrons. The summed E-state index contributed by atoms with van der Waals surface area (Å²) in [6.45, 7) is 0. The third-order valence-corrected chi connectivity index (χ3v) is 6.04. The molecule has 4 rings (SSSR count). The molecule has 0 saturated carbocycles. The summed E-state index contributed by atoms with van der Waals surface area (Å²) in [6.07, 6.45) is 5.16. The van der Waals surface area contributed by atoms with Crippen molar-refractivity contribution < 1.29 is 0 Å². The standard InChI is InChI=1S/C20H14N4OS2/c1-23-18(9-10-21)27-17(20(23)25)12-14-13-24(15-6-3-2-4-7-15)22-19(14)16-8-5-11-26-16/h2-9,11-13H,1H3/b17-12+,18-9-. The molecule has 0 aliphatic rings. The van der Waals surface area contributed by atoms with Crippen molar-refractivity contribution in [3.63, 3.8) is 0 Å². The average Bonchev–Trinajstić information content (AvgIpc) is 3.40. The molecule has 0 atom stereocenters. The van der Waals surface area contributed by atoms with Crippen LogP contribution in [0.4, 0.5) is 0 Å². The molecule has 0 N–H and O–H groups in total. The predicted molar refractivity (Wildman–Crippen MR) is 109 cm³/mol. The van der Waals surface area contributed by atoms with E-state index in [4.69, 9.17) is 10.4 Å². The van der Waals surface area contributed by atoms with E-state index in [1.165, 1.54) is 22.0 Å². The van der Waals surface area contributed by atoms with Gasteiger partial charge in [-0.3, -0.25) is 4.79 Å². The molecule has 0 saturated heterocycles. The maximum atomic E-state index is 12.5. The fraction of sp³-hybridized carbons (Fsp3) is 0.0500. The van der Waals surface area contributed by atoms with Gasteiger partial charge in [-0.05, 0) is 29.7 Å². The Balaban J connectivity index is 1.95. The van der Waals surface area contributed by atoms with Gasteiger partial charge in [0, 0.05) is 24.9 Å². The van der Waals surface area contributed by atoms with Crippen molar-refractivity contribution in [1.29, 1.82) is 5.26 Å². The van der Waals surface area contributed by atoms with E-state index in [-0.39, 0.29) is 5.56 Å². The Kier molecular flexibility index (Phi) is 4.59. The normalized spacial score (nSPS) is 12.4. The lowest BCUT2D eigenvalue weighted by Gasteiger charge is -1.99. The Morgan fingerprint density at radius 1 is 1.19 bits per heavy atom. The van der Waals surface area contributed by atoms with Gasteiger partial charge >= 0.3 is 0 Å². The van der Waals surface area contributed by atoms with Gasteiger partial charge < -0.3 is 4.57 Å². The molecular weight excluding hydrogens is 376 g/mol. The van der Waals surface area contributed by atoms with Crippen LogP contribution in [0, 0.1) is 11.3 Å². The molecule has 0 fully saturated rings. The molecule has 7 heteroatoms. The maximum Gasteiger partial charge on any atom is 0.268 e. The highest BCUT2D eigenvalue weighted by atomic mass is 32.1. The van der Waals surface area contributed by atoms with E-state index in [0.717, 1.165) is 21.8 Å². The summed E-state index contributed by atoms with van der Waals surface area (Å²) in [5, 5.41) is 15.6. The van der Waals surface area contributed by atoms with Gasteiger partial charge in [0.1, 0.15) is 10.4 Å². The van der Waals surface area contributed by atoms with Crippen LogP contribution in [0.2, 0.25) is 0 Å². The summed E-state index contributed by atoms with van der Waals surface area (Å²) >= 11 is 2.90. The molecule has 0 bridgehead atoms. The number of hydrogen-bond acceptors (Lipinski definition) is 5. The van der Waals surface area contributed by atoms with Gasteiger partial charge in [-0.25, -0.2) is 4.68 Å². The Bertz CT molecular complexity index is 1300. The highest BCUT2D eigenvalue weighted by Gasteiger charge is 2.12. The molecule has 4 aromatic rings. The van der Waals surface area contributed by atoms with Crippen LogP contribution in [-0.4, -0.2) is 14.3 Å². The smallest absolute Gasteiger partial charge is 0.268 e. The van der Waals surface area contributed by atoms with Crippen molar-refractivity contribution in [2.24, 2.45) is 7.05 Å². The minimum atomic E-state index is -0.119. The van der Waals surface area contributed by atoms with E-state index < -0.39 is 0 Å². The van der Waals surface area contributed by atoms with Crippen molar-refractivity contribution in [3.05, 3.63) is 79.2 Å². The van der Waals surface area contributed by atoms with E-state index in [2.05, 4.69) is 0 Å². The van der Waals surface area contributed by atoms with E-state index in [0.29, 0.717) is 9.20 Å². The number of benzene rings is 1. The quantitative estimate of drug-likeness (QED) is 0.540. The minimum Gasteiger partial charge on any atom is -0.301 e. The summed E-state index contributed by atoms with van der Waals surface area (Å²) in [6, 6.07) is 15.8. The zero-order chi connectivity index (χ0) is 18.8. The van der Waals surface area contributed by atoms with Crippen molar-refractivity contribution >= 4 is 34.8 Å². The van der Waals surface area contributed by atoms with Crippen molar-refractivity contribution in [2.45, 2.75) is 0 Å². The Morgan fingerprint density at radius 3 is 2.70 bits per heavy atom. The van der Waals surface area contributed by atoms with Crippen LogP contribution in [0.15, 0.2) is 58.8 Å². The first kappa shape index (κ1) is 17.2. The number of rotatable bonds is 3. The van der Waals surface area contributed by atoms with Crippen LogP contribution in [0.1, 0.15) is 5.56 Å². The van der Waals surface area contributed by atoms with Crippen molar-refractivity contribution in [2.75, 3.05) is 0 Å². The van der Waals surface area contributed by atoms with Gasteiger partial charge in [-0.1, -0.05) is 24.3 Å². The molecule has 0 spiro atoms. The lowest BCUT2D eigenvalue weighted by molar-refractivity contribution is 0.857. The summed E-state index contributed by atoms with van der Waals surface area (Å²) in [5.74, 6) is 0. The molecule has 27 heavy (non-hydrogen) atoms. The van der Waals surface area contributed by atoms with Crippen molar-refractivity contribution in [1.82, 2.24) is 14.3 Å². The summed E-state index contributed by atoms with van der Waals surface area (Å²) in [7, 11) is 1.67. The van der Waals surface area contributed by atoms with Crippen LogP contribution < -0.4 is 14.8 Å². The molecular formula is C20H14N4OS2. The number of hydrogen-bond donors (Lipinski definition) is 0. The number of thiazole rings is 1. The molecule has 3 aromatic heterocycles. The average molecular weight is 390 g/mol. The van der Waals surface area contributed by atoms with E-state index >= 15 is 0 Å². The van der Waals surface area contributed by atoms with Gasteiger partial charge in [0.2, 0.25) is 0 Å². The first-order chi connectivity index (χ1) is 13.2. The van der Waals surface area contributed by atoms with Crippen LogP contribution in [0.25, 0.3) is 28.4 Å². The molecule has 0 aliphatic carbocycles. The molecule has 132 valence electrons. The molecule has 0 unspecified atom stereocenters. The van der Waals surface area contributed by atoms with E-state index in [1.807, 2.05) is 70.9 Å². The van der Waals surface area contributed by atoms with Crippen LogP contribution in [-0.2, 0) is 7.05 Å². The maximum absolute atomic E-state index is 12.5. The largest absolute Gasteiger partial charge is 0.301 e. The fourth-order valence-corrected chi connectivity index (χ4v) is 4.41. The van der Waals surface area contributed by atoms with E-state index in [9.17, 15) is 4.79 Å². The lowest BCUT2D eigenvalue weighted by Crippen LogP contribution is -2.28. The Hall–Kier alpha value is -3.21. The van der Waals surface area contributed by atoms with Gasteiger partial charge in [0.25, 0.3) is 5.56 Å².